The number of aromatic nitrogens is 3. The van der Waals surface area contributed by atoms with Gasteiger partial charge in [0.1, 0.15) is 11.6 Å². The van der Waals surface area contributed by atoms with Crippen LogP contribution in [0.25, 0.3) is 11.1 Å². The molecule has 202 valence electrons. The molecule has 5 nitrogen and oxygen atoms in total. The summed E-state index contributed by atoms with van der Waals surface area (Å²) in [5, 5.41) is 24.4. The minimum absolute atomic E-state index is 0.567. The Balaban J connectivity index is 1.49. The smallest absolute Gasteiger partial charge is 0.138 e. The molecule has 0 bridgehead atoms. The van der Waals surface area contributed by atoms with Crippen molar-refractivity contribution in [2.75, 3.05) is 0 Å². The zero-order valence-electron chi connectivity index (χ0n) is 23.6. The highest BCUT2D eigenvalue weighted by Gasteiger charge is 2.39. The molecule has 0 spiro atoms. The highest BCUT2D eigenvalue weighted by molar-refractivity contribution is 5.75. The van der Waals surface area contributed by atoms with Crippen molar-refractivity contribution in [3.05, 3.63) is 172 Å². The molecule has 0 saturated heterocycles. The molecule has 0 unspecified atom stereocenters. The predicted molar refractivity (Wildman–Crippen MR) is 165 cm³/mol. The third-order valence-corrected chi connectivity index (χ3v) is 8.09. The summed E-state index contributed by atoms with van der Waals surface area (Å²) in [6.07, 6.45) is 4.05. The lowest BCUT2D eigenvalue weighted by molar-refractivity contribution is 0.459. The molecule has 0 N–H and O–H groups in total. The molecule has 0 atom stereocenters. The summed E-state index contributed by atoms with van der Waals surface area (Å²) < 4.78 is 4.26. The van der Waals surface area contributed by atoms with Crippen LogP contribution in [0.4, 0.5) is 0 Å². The molecule has 42 heavy (non-hydrogen) atoms. The first-order valence-corrected chi connectivity index (χ1v) is 13.9. The highest BCUT2D eigenvalue weighted by Crippen LogP contribution is 2.40. The zero-order chi connectivity index (χ0) is 29.1. The van der Waals surface area contributed by atoms with Crippen molar-refractivity contribution in [3.63, 3.8) is 0 Å². The van der Waals surface area contributed by atoms with Gasteiger partial charge in [0.25, 0.3) is 0 Å². The van der Waals surface area contributed by atoms with E-state index in [1.807, 2.05) is 50.4 Å². The molecule has 0 aliphatic rings. The normalized spacial score (nSPS) is 11.1. The van der Waals surface area contributed by atoms with Crippen molar-refractivity contribution in [2.24, 2.45) is 0 Å². The molecular formula is C37H29N5. The van der Waals surface area contributed by atoms with Crippen molar-refractivity contribution in [3.8, 4) is 23.3 Å². The average Bonchev–Trinajstić information content (AvgIpc) is 3.61. The van der Waals surface area contributed by atoms with Crippen LogP contribution in [-0.2, 0) is 12.1 Å². The van der Waals surface area contributed by atoms with Crippen molar-refractivity contribution < 1.29 is 0 Å². The van der Waals surface area contributed by atoms with Gasteiger partial charge < -0.3 is 4.57 Å². The first kappa shape index (κ1) is 26.6. The van der Waals surface area contributed by atoms with Gasteiger partial charge in [0.2, 0.25) is 0 Å². The van der Waals surface area contributed by atoms with Crippen LogP contribution in [0, 0.1) is 36.5 Å². The Morgan fingerprint density at radius 1 is 0.667 bits per heavy atom. The Hall–Kier alpha value is -5.65. The van der Waals surface area contributed by atoms with E-state index < -0.39 is 5.54 Å². The van der Waals surface area contributed by atoms with Gasteiger partial charge in [-0.05, 0) is 48.2 Å². The first-order valence-electron chi connectivity index (χ1n) is 13.9. The molecule has 0 radical (unpaired) electrons. The second-order valence-corrected chi connectivity index (χ2v) is 10.4. The molecule has 6 aromatic rings. The van der Waals surface area contributed by atoms with Crippen molar-refractivity contribution in [2.45, 2.75) is 25.9 Å². The van der Waals surface area contributed by atoms with Crippen molar-refractivity contribution >= 4 is 0 Å². The maximum absolute atomic E-state index is 10.1. The van der Waals surface area contributed by atoms with E-state index >= 15 is 0 Å². The summed E-state index contributed by atoms with van der Waals surface area (Å²) in [7, 11) is 0. The van der Waals surface area contributed by atoms with Gasteiger partial charge in [-0.3, -0.25) is 4.68 Å². The van der Waals surface area contributed by atoms with Gasteiger partial charge in [0.15, 0.2) is 0 Å². The molecule has 2 aromatic heterocycles. The van der Waals surface area contributed by atoms with Crippen LogP contribution in [0.5, 0.6) is 0 Å². The molecule has 6 rings (SSSR count). The monoisotopic (exact) mass is 543 g/mol. The number of hydrogen-bond donors (Lipinski definition) is 0. The van der Waals surface area contributed by atoms with Gasteiger partial charge in [-0.25, -0.2) is 0 Å². The third-order valence-electron chi connectivity index (χ3n) is 8.09. The summed E-state index contributed by atoms with van der Waals surface area (Å²) in [4.78, 5) is 0. The van der Waals surface area contributed by atoms with Crippen LogP contribution in [0.2, 0.25) is 0 Å². The summed E-state index contributed by atoms with van der Waals surface area (Å²) in [6.45, 7) is 4.61. The number of rotatable bonds is 7. The average molecular weight is 544 g/mol. The molecule has 0 amide bonds. The standard InChI is InChI=1S/C37H29N5/c1-27-35(23-39)36(31-20-18-29(22-38)19-21-31)28(2)41(27)25-30-24-40-42(26-30)37(32-12-6-3-7-13-32,33-14-8-4-9-15-33)34-16-10-5-11-17-34/h3-21,24,26H,25H2,1-2H3. The fraction of sp³-hybridized carbons (Fsp3) is 0.108. The third kappa shape index (κ3) is 4.38. The van der Waals surface area contributed by atoms with Crippen LogP contribution in [0.3, 0.4) is 0 Å². The SMILES string of the molecule is Cc1c(C#N)c(-c2ccc(C#N)cc2)c(C)n1Cc1cnn(C(c2ccccc2)(c2ccccc2)c2ccccc2)c1. The number of nitriles is 2. The highest BCUT2D eigenvalue weighted by atomic mass is 15.3. The van der Waals surface area contributed by atoms with E-state index in [0.29, 0.717) is 17.7 Å². The maximum Gasteiger partial charge on any atom is 0.138 e. The van der Waals surface area contributed by atoms with E-state index in [0.717, 1.165) is 44.8 Å². The van der Waals surface area contributed by atoms with Crippen LogP contribution < -0.4 is 0 Å². The molecule has 0 aliphatic heterocycles. The molecule has 0 fully saturated rings. The lowest BCUT2D eigenvalue weighted by Crippen LogP contribution is -2.38. The Morgan fingerprint density at radius 3 is 1.67 bits per heavy atom. The van der Waals surface area contributed by atoms with E-state index in [1.165, 1.54) is 0 Å². The largest absolute Gasteiger partial charge is 0.343 e. The fourth-order valence-electron chi connectivity index (χ4n) is 6.06. The van der Waals surface area contributed by atoms with Gasteiger partial charge in [-0.1, -0.05) is 103 Å². The number of nitrogens with zero attached hydrogens (tertiary/aromatic N) is 5. The van der Waals surface area contributed by atoms with Gasteiger partial charge in [-0.15, -0.1) is 0 Å². The van der Waals surface area contributed by atoms with Crippen LogP contribution in [0.1, 0.15) is 44.8 Å². The van der Waals surface area contributed by atoms with Gasteiger partial charge >= 0.3 is 0 Å². The number of hydrogen-bond acceptors (Lipinski definition) is 3. The molecule has 4 aromatic carbocycles. The predicted octanol–water partition coefficient (Wildman–Crippen LogP) is 7.60. The van der Waals surface area contributed by atoms with E-state index in [2.05, 4.69) is 100 Å². The maximum atomic E-state index is 10.1. The van der Waals surface area contributed by atoms with E-state index in [4.69, 9.17) is 5.10 Å². The van der Waals surface area contributed by atoms with Crippen molar-refractivity contribution in [1.29, 1.82) is 10.5 Å². The molecular weight excluding hydrogens is 514 g/mol. The summed E-state index contributed by atoms with van der Waals surface area (Å²) >= 11 is 0. The second-order valence-electron chi connectivity index (χ2n) is 10.4. The molecule has 2 heterocycles. The van der Waals surface area contributed by atoms with Crippen molar-refractivity contribution in [1.82, 2.24) is 14.3 Å². The Morgan fingerprint density at radius 2 is 1.19 bits per heavy atom. The van der Waals surface area contributed by atoms with E-state index in [-0.39, 0.29) is 0 Å². The van der Waals surface area contributed by atoms with Crippen LogP contribution in [0.15, 0.2) is 128 Å². The van der Waals surface area contributed by atoms with Gasteiger partial charge in [0.05, 0.1) is 29.9 Å². The van der Waals surface area contributed by atoms with E-state index in [1.54, 1.807) is 12.1 Å². The topological polar surface area (TPSA) is 70.3 Å². The minimum Gasteiger partial charge on any atom is -0.343 e. The lowest BCUT2D eigenvalue weighted by atomic mass is 9.77. The summed E-state index contributed by atoms with van der Waals surface area (Å²) in [5.74, 6) is 0. The minimum atomic E-state index is -0.686. The zero-order valence-corrected chi connectivity index (χ0v) is 23.6. The first-order chi connectivity index (χ1) is 20.6. The van der Waals surface area contributed by atoms with Gasteiger partial charge in [-0.2, -0.15) is 15.6 Å². The molecule has 0 aliphatic carbocycles. The van der Waals surface area contributed by atoms with E-state index in [9.17, 15) is 10.5 Å². The lowest BCUT2D eigenvalue weighted by Gasteiger charge is -2.36. The van der Waals surface area contributed by atoms with Crippen LogP contribution in [-0.4, -0.2) is 14.3 Å². The second kappa shape index (κ2) is 11.1. The molecule has 5 heteroatoms. The fourth-order valence-corrected chi connectivity index (χ4v) is 6.06. The Labute approximate surface area is 246 Å². The Kier molecular flexibility index (Phi) is 7.01. The molecule has 0 saturated carbocycles. The summed E-state index contributed by atoms with van der Waals surface area (Å²) in [5.41, 5.74) is 8.66. The van der Waals surface area contributed by atoms with Crippen LogP contribution >= 0.6 is 0 Å². The van der Waals surface area contributed by atoms with Gasteiger partial charge in [0, 0.05) is 28.7 Å². The summed E-state index contributed by atoms with van der Waals surface area (Å²) in [6, 6.07) is 43.5. The quantitative estimate of drug-likeness (QED) is 0.195. The number of benzene rings is 4. The Bertz CT molecular complexity index is 1820.